The quantitative estimate of drug-likeness (QED) is 0.343. The van der Waals surface area contributed by atoms with E-state index in [9.17, 15) is 4.79 Å². The van der Waals surface area contributed by atoms with Gasteiger partial charge in [0.25, 0.3) is 0 Å². The van der Waals surface area contributed by atoms with Gasteiger partial charge < -0.3 is 25.2 Å². The van der Waals surface area contributed by atoms with E-state index in [2.05, 4.69) is 4.74 Å². The number of carbonyl (C=O) groups excluding carboxylic acids is 1. The number of aliphatic hydroxyl groups excluding tert-OH is 4. The minimum Gasteiger partial charge on any atom is -0.505 e. The van der Waals surface area contributed by atoms with Crippen LogP contribution in [0, 0.1) is 0 Å². The zero-order chi connectivity index (χ0) is 9.30. The first-order valence-electron chi connectivity index (χ1n) is 3.20. The van der Waals surface area contributed by atoms with Crippen molar-refractivity contribution in [2.24, 2.45) is 0 Å². The van der Waals surface area contributed by atoms with Crippen molar-refractivity contribution in [3.63, 3.8) is 0 Å². The summed E-state index contributed by atoms with van der Waals surface area (Å²) < 4.78 is 4.32. The van der Waals surface area contributed by atoms with Crippen LogP contribution in [0.4, 0.5) is 0 Å². The van der Waals surface area contributed by atoms with E-state index in [1.165, 1.54) is 0 Å². The molecule has 1 aliphatic heterocycles. The van der Waals surface area contributed by atoms with Gasteiger partial charge in [0.15, 0.2) is 11.9 Å². The molecular formula is C6H8O6Se. The molecule has 0 aliphatic carbocycles. The average molecular weight is 255 g/mol. The molecule has 0 spiro atoms. The Kier molecular flexibility index (Phi) is 4.22. The fourth-order valence-corrected chi connectivity index (χ4v) is 0.823. The van der Waals surface area contributed by atoms with Crippen LogP contribution < -0.4 is 0 Å². The summed E-state index contributed by atoms with van der Waals surface area (Å²) in [4.78, 5) is 10.5. The summed E-state index contributed by atoms with van der Waals surface area (Å²) in [5.74, 6) is -2.78. The maximum atomic E-state index is 10.5. The second-order valence-corrected chi connectivity index (χ2v) is 2.31. The van der Waals surface area contributed by atoms with Gasteiger partial charge in [-0.1, -0.05) is 0 Å². The van der Waals surface area contributed by atoms with Gasteiger partial charge >= 0.3 is 5.97 Å². The second-order valence-electron chi connectivity index (χ2n) is 2.31. The number of cyclic esters (lactones) is 1. The third-order valence-corrected chi connectivity index (χ3v) is 1.48. The maximum absolute atomic E-state index is 10.5. The fraction of sp³-hybridized carbons (Fsp3) is 0.500. The largest absolute Gasteiger partial charge is 0.505 e. The first-order valence-corrected chi connectivity index (χ1v) is 3.20. The number of ether oxygens (including phenoxy) is 1. The molecule has 74 valence electrons. The minimum atomic E-state index is -1.42. The van der Waals surface area contributed by atoms with Crippen LogP contribution in [0.15, 0.2) is 11.5 Å². The summed E-state index contributed by atoms with van der Waals surface area (Å²) in [5, 5.41) is 35.0. The molecule has 1 rings (SSSR count). The molecule has 13 heavy (non-hydrogen) atoms. The van der Waals surface area contributed by atoms with Gasteiger partial charge in [-0.15, -0.1) is 0 Å². The van der Waals surface area contributed by atoms with Crippen LogP contribution in [-0.4, -0.2) is 62.3 Å². The number of rotatable bonds is 2. The summed E-state index contributed by atoms with van der Waals surface area (Å²) in [5.41, 5.74) is 0. The maximum Gasteiger partial charge on any atom is 0.377 e. The van der Waals surface area contributed by atoms with Crippen molar-refractivity contribution in [2.75, 3.05) is 6.61 Å². The third kappa shape index (κ3) is 2.13. The third-order valence-electron chi connectivity index (χ3n) is 1.48. The average Bonchev–Trinajstić information content (AvgIpc) is 2.32. The van der Waals surface area contributed by atoms with E-state index in [0.29, 0.717) is 0 Å². The molecule has 0 aromatic heterocycles. The van der Waals surface area contributed by atoms with Crippen LogP contribution in [0.1, 0.15) is 0 Å². The van der Waals surface area contributed by atoms with Crippen molar-refractivity contribution in [3.05, 3.63) is 11.5 Å². The van der Waals surface area contributed by atoms with E-state index in [4.69, 9.17) is 20.4 Å². The van der Waals surface area contributed by atoms with Crippen molar-refractivity contribution in [2.45, 2.75) is 12.2 Å². The van der Waals surface area contributed by atoms with Crippen molar-refractivity contribution >= 4 is 23.0 Å². The molecule has 0 fully saturated rings. The minimum absolute atomic E-state index is 0. The van der Waals surface area contributed by atoms with Gasteiger partial charge in [-0.3, -0.25) is 0 Å². The molecule has 1 heterocycles. The summed E-state index contributed by atoms with van der Waals surface area (Å²) in [7, 11) is 0. The van der Waals surface area contributed by atoms with Gasteiger partial charge in [0.2, 0.25) is 5.76 Å². The smallest absolute Gasteiger partial charge is 0.377 e. The van der Waals surface area contributed by atoms with Crippen molar-refractivity contribution in [1.82, 2.24) is 0 Å². The molecular weight excluding hydrogens is 247 g/mol. The van der Waals surface area contributed by atoms with E-state index in [1.54, 1.807) is 0 Å². The number of aliphatic hydroxyl groups is 4. The van der Waals surface area contributed by atoms with E-state index in [1.807, 2.05) is 0 Å². The molecule has 0 saturated carbocycles. The van der Waals surface area contributed by atoms with Crippen molar-refractivity contribution in [1.29, 1.82) is 0 Å². The van der Waals surface area contributed by atoms with E-state index in [-0.39, 0.29) is 17.1 Å². The standard InChI is InChI=1S/C6H8O6.Se/c7-1-2(8)5-3(9)4(10)6(11)12-5;/h2,5,7-10H,1H2;/t2-,5+;/m0./s1. The SMILES string of the molecule is O=C1O[C@H]([C@@H](O)CO)C(O)=C1O.[Se]. The normalized spacial score (nSPS) is 23.8. The van der Waals surface area contributed by atoms with E-state index >= 15 is 0 Å². The van der Waals surface area contributed by atoms with Crippen molar-refractivity contribution in [3.8, 4) is 0 Å². The molecule has 0 unspecified atom stereocenters. The van der Waals surface area contributed by atoms with Gasteiger partial charge in [-0.25, -0.2) is 4.79 Å². The Balaban J connectivity index is 0.00000144. The number of esters is 1. The van der Waals surface area contributed by atoms with Gasteiger partial charge in [0.1, 0.15) is 6.10 Å². The van der Waals surface area contributed by atoms with Gasteiger partial charge in [0.05, 0.1) is 6.61 Å². The number of carbonyl (C=O) groups is 1. The van der Waals surface area contributed by atoms with Crippen LogP contribution in [-0.2, 0) is 9.53 Å². The van der Waals surface area contributed by atoms with Gasteiger partial charge in [-0.2, -0.15) is 0 Å². The van der Waals surface area contributed by atoms with Crippen LogP contribution in [0.25, 0.3) is 0 Å². The molecule has 2 atom stereocenters. The van der Waals surface area contributed by atoms with Crippen molar-refractivity contribution < 1.29 is 30.0 Å². The molecule has 0 aromatic carbocycles. The summed E-state index contributed by atoms with van der Waals surface area (Å²) >= 11 is 0. The van der Waals surface area contributed by atoms with Crippen LogP contribution in [0.5, 0.6) is 0 Å². The number of hydrogen-bond acceptors (Lipinski definition) is 6. The van der Waals surface area contributed by atoms with Gasteiger partial charge in [-0.05, 0) is 0 Å². The Hall–Kier alpha value is -0.751. The Morgan fingerprint density at radius 3 is 2.31 bits per heavy atom. The first kappa shape index (κ1) is 12.2. The molecule has 0 saturated heterocycles. The molecule has 4 N–H and O–H groups in total. The van der Waals surface area contributed by atoms with Crippen LogP contribution >= 0.6 is 0 Å². The molecule has 0 amide bonds. The van der Waals surface area contributed by atoms with E-state index < -0.39 is 36.3 Å². The molecule has 1 aliphatic rings. The topological polar surface area (TPSA) is 107 Å². The Morgan fingerprint density at radius 1 is 1.46 bits per heavy atom. The number of hydrogen-bond donors (Lipinski definition) is 4. The summed E-state index contributed by atoms with van der Waals surface area (Å²) in [6.45, 7) is -0.671. The fourth-order valence-electron chi connectivity index (χ4n) is 0.823. The summed E-state index contributed by atoms with van der Waals surface area (Å²) in [6, 6.07) is 0. The zero-order valence-corrected chi connectivity index (χ0v) is 8.09. The Bertz CT molecular complexity index is 237. The van der Waals surface area contributed by atoms with E-state index in [0.717, 1.165) is 0 Å². The second kappa shape index (κ2) is 4.48. The summed E-state index contributed by atoms with van der Waals surface area (Å²) in [6.07, 6.45) is -2.78. The Morgan fingerprint density at radius 2 is 2.00 bits per heavy atom. The monoisotopic (exact) mass is 256 g/mol. The molecule has 2 radical (unpaired) electrons. The molecule has 0 bridgehead atoms. The molecule has 7 heteroatoms. The predicted octanol–water partition coefficient (Wildman–Crippen LogP) is -1.79. The zero-order valence-electron chi connectivity index (χ0n) is 6.38. The van der Waals surface area contributed by atoms with Crippen LogP contribution in [0.3, 0.4) is 0 Å². The Labute approximate surface area is 83.9 Å². The predicted molar refractivity (Wildman–Crippen MR) is 41.0 cm³/mol. The molecule has 6 nitrogen and oxygen atoms in total. The van der Waals surface area contributed by atoms with Gasteiger partial charge in [0, 0.05) is 17.1 Å². The first-order chi connectivity index (χ1) is 5.57. The molecule has 0 aromatic rings. The van der Waals surface area contributed by atoms with Crippen LogP contribution in [0.2, 0.25) is 0 Å².